The minimum Gasteiger partial charge on any atom is -0.409 e. The van der Waals surface area contributed by atoms with Gasteiger partial charge in [0.05, 0.1) is 5.56 Å². The van der Waals surface area contributed by atoms with Gasteiger partial charge in [0.1, 0.15) is 5.82 Å². The maximum absolute atomic E-state index is 9.08. The molecule has 21 heavy (non-hydrogen) atoms. The highest BCUT2D eigenvalue weighted by molar-refractivity contribution is 7.99. The van der Waals surface area contributed by atoms with Crippen molar-refractivity contribution in [1.29, 1.82) is 0 Å². The van der Waals surface area contributed by atoms with E-state index >= 15 is 0 Å². The number of anilines is 1. The summed E-state index contributed by atoms with van der Waals surface area (Å²) in [6, 6.07) is 2.09. The Kier molecular flexibility index (Phi) is 4.53. The summed E-state index contributed by atoms with van der Waals surface area (Å²) >= 11 is 1.98. The highest BCUT2D eigenvalue weighted by Crippen LogP contribution is 2.28. The van der Waals surface area contributed by atoms with Crippen molar-refractivity contribution in [2.75, 3.05) is 29.5 Å². The second kappa shape index (κ2) is 6.56. The number of rotatable bonds is 2. The third-order valence-electron chi connectivity index (χ3n) is 4.19. The molecule has 0 aromatic carbocycles. The molecule has 0 unspecified atom stereocenters. The molecular weight excluding hydrogens is 284 g/mol. The summed E-state index contributed by atoms with van der Waals surface area (Å²) in [5, 5.41) is 12.3. The molecule has 2 heterocycles. The molecule has 0 radical (unpaired) electrons. The van der Waals surface area contributed by atoms with Crippen LogP contribution in [-0.4, -0.2) is 40.6 Å². The predicted octanol–water partition coefficient (Wildman–Crippen LogP) is 2.00. The average molecular weight is 306 g/mol. The van der Waals surface area contributed by atoms with E-state index in [-0.39, 0.29) is 5.84 Å². The first-order valence-electron chi connectivity index (χ1n) is 7.63. The van der Waals surface area contributed by atoms with E-state index in [9.17, 15) is 0 Å². The molecule has 0 spiro atoms. The molecule has 0 atom stereocenters. The zero-order valence-electron chi connectivity index (χ0n) is 12.2. The van der Waals surface area contributed by atoms with Gasteiger partial charge >= 0.3 is 0 Å². The molecular formula is C15H22N4OS. The lowest BCUT2D eigenvalue weighted by molar-refractivity contribution is 0.318. The van der Waals surface area contributed by atoms with Crippen molar-refractivity contribution in [1.82, 2.24) is 4.98 Å². The molecule has 5 nitrogen and oxygen atoms in total. The molecule has 1 aliphatic carbocycles. The van der Waals surface area contributed by atoms with Crippen LogP contribution in [-0.2, 0) is 12.8 Å². The molecule has 1 aromatic heterocycles. The Morgan fingerprint density at radius 1 is 1.24 bits per heavy atom. The van der Waals surface area contributed by atoms with Crippen LogP contribution < -0.4 is 10.6 Å². The van der Waals surface area contributed by atoms with Gasteiger partial charge in [-0.15, -0.1) is 0 Å². The Morgan fingerprint density at radius 3 is 2.95 bits per heavy atom. The van der Waals surface area contributed by atoms with Crippen LogP contribution in [0.3, 0.4) is 0 Å². The SMILES string of the molecule is NC(=NO)c1cc2c(nc1N1CCCSCC1)CCCC2. The molecule has 3 N–H and O–H groups in total. The van der Waals surface area contributed by atoms with Crippen LogP contribution in [0.2, 0.25) is 0 Å². The Labute approximate surface area is 129 Å². The summed E-state index contributed by atoms with van der Waals surface area (Å²) in [6.07, 6.45) is 5.65. The normalized spacial score (nSPS) is 20.0. The van der Waals surface area contributed by atoms with Gasteiger partial charge in [-0.1, -0.05) is 5.16 Å². The summed E-state index contributed by atoms with van der Waals surface area (Å²) in [7, 11) is 0. The molecule has 0 bridgehead atoms. The van der Waals surface area contributed by atoms with Gasteiger partial charge < -0.3 is 15.8 Å². The summed E-state index contributed by atoms with van der Waals surface area (Å²) in [5.41, 5.74) is 9.14. The quantitative estimate of drug-likeness (QED) is 0.378. The van der Waals surface area contributed by atoms with Crippen molar-refractivity contribution < 1.29 is 5.21 Å². The number of pyridine rings is 1. The van der Waals surface area contributed by atoms with Gasteiger partial charge in [0.2, 0.25) is 0 Å². The van der Waals surface area contributed by atoms with Gasteiger partial charge in [-0.05, 0) is 49.5 Å². The minimum absolute atomic E-state index is 0.169. The van der Waals surface area contributed by atoms with Crippen LogP contribution in [0.4, 0.5) is 5.82 Å². The lowest BCUT2D eigenvalue weighted by Gasteiger charge is -2.26. The highest BCUT2D eigenvalue weighted by Gasteiger charge is 2.21. The second-order valence-electron chi connectivity index (χ2n) is 5.61. The van der Waals surface area contributed by atoms with E-state index in [4.69, 9.17) is 15.9 Å². The van der Waals surface area contributed by atoms with Crippen LogP contribution in [0, 0.1) is 0 Å². The molecule has 1 aliphatic heterocycles. The molecule has 114 valence electrons. The number of hydrogen-bond acceptors (Lipinski definition) is 5. The number of hydrogen-bond donors (Lipinski definition) is 2. The van der Waals surface area contributed by atoms with Crippen molar-refractivity contribution in [3.8, 4) is 0 Å². The lowest BCUT2D eigenvalue weighted by atomic mass is 9.94. The van der Waals surface area contributed by atoms with Gasteiger partial charge in [-0.2, -0.15) is 11.8 Å². The summed E-state index contributed by atoms with van der Waals surface area (Å²) in [6.45, 7) is 1.96. The molecule has 6 heteroatoms. The van der Waals surface area contributed by atoms with Gasteiger partial charge in [-0.25, -0.2) is 4.98 Å². The van der Waals surface area contributed by atoms with Gasteiger partial charge in [0.25, 0.3) is 0 Å². The van der Waals surface area contributed by atoms with Crippen LogP contribution in [0.1, 0.15) is 36.1 Å². The number of oxime groups is 1. The Morgan fingerprint density at radius 2 is 2.10 bits per heavy atom. The van der Waals surface area contributed by atoms with E-state index in [0.29, 0.717) is 0 Å². The fourth-order valence-corrected chi connectivity index (χ4v) is 3.95. The Bertz CT molecular complexity index is 539. The van der Waals surface area contributed by atoms with E-state index in [1.54, 1.807) is 0 Å². The number of aromatic nitrogens is 1. The molecule has 1 fully saturated rings. The molecule has 2 aliphatic rings. The standard InChI is InChI=1S/C15H22N4OS/c16-14(18-20)12-10-11-4-1-2-5-13(11)17-15(12)19-6-3-8-21-9-7-19/h10,20H,1-9H2,(H2,16,18). The Hall–Kier alpha value is -1.43. The summed E-state index contributed by atoms with van der Waals surface area (Å²) in [4.78, 5) is 7.19. The zero-order chi connectivity index (χ0) is 14.7. The number of nitrogens with two attached hydrogens (primary N) is 1. The first-order valence-corrected chi connectivity index (χ1v) is 8.78. The third kappa shape index (κ3) is 3.10. The number of amidine groups is 1. The Balaban J connectivity index is 2.03. The smallest absolute Gasteiger partial charge is 0.173 e. The van der Waals surface area contributed by atoms with Gasteiger partial charge in [0, 0.05) is 24.5 Å². The maximum Gasteiger partial charge on any atom is 0.173 e. The van der Waals surface area contributed by atoms with Crippen LogP contribution in [0.25, 0.3) is 0 Å². The average Bonchev–Trinajstić information content (AvgIpc) is 2.82. The topological polar surface area (TPSA) is 74.7 Å². The first kappa shape index (κ1) is 14.5. The van der Waals surface area contributed by atoms with Crippen molar-refractivity contribution in [2.45, 2.75) is 32.1 Å². The molecule has 0 amide bonds. The van der Waals surface area contributed by atoms with Crippen molar-refractivity contribution in [3.63, 3.8) is 0 Å². The molecule has 1 saturated heterocycles. The molecule has 0 saturated carbocycles. The van der Waals surface area contributed by atoms with E-state index in [1.807, 2.05) is 11.8 Å². The highest BCUT2D eigenvalue weighted by atomic mass is 32.2. The fraction of sp³-hybridized carbons (Fsp3) is 0.600. The van der Waals surface area contributed by atoms with E-state index in [2.05, 4.69) is 16.1 Å². The minimum atomic E-state index is 0.169. The third-order valence-corrected chi connectivity index (χ3v) is 5.23. The summed E-state index contributed by atoms with van der Waals surface area (Å²) < 4.78 is 0. The number of nitrogens with zero attached hydrogens (tertiary/aromatic N) is 3. The molecule has 3 rings (SSSR count). The van der Waals surface area contributed by atoms with E-state index in [1.165, 1.54) is 29.9 Å². The fourth-order valence-electron chi connectivity index (χ4n) is 3.06. The van der Waals surface area contributed by atoms with E-state index < -0.39 is 0 Å². The van der Waals surface area contributed by atoms with Gasteiger partial charge in [-0.3, -0.25) is 0 Å². The number of fused-ring (bicyclic) bond motifs is 1. The van der Waals surface area contributed by atoms with Crippen molar-refractivity contribution >= 4 is 23.4 Å². The van der Waals surface area contributed by atoms with E-state index in [0.717, 1.165) is 49.5 Å². The lowest BCUT2D eigenvalue weighted by Crippen LogP contribution is -2.30. The van der Waals surface area contributed by atoms with Crippen LogP contribution >= 0.6 is 11.8 Å². The van der Waals surface area contributed by atoms with Crippen molar-refractivity contribution in [3.05, 3.63) is 22.9 Å². The second-order valence-corrected chi connectivity index (χ2v) is 6.84. The number of thioether (sulfide) groups is 1. The zero-order valence-corrected chi connectivity index (χ0v) is 13.0. The largest absolute Gasteiger partial charge is 0.409 e. The first-order chi connectivity index (χ1) is 10.3. The predicted molar refractivity (Wildman–Crippen MR) is 87.5 cm³/mol. The summed E-state index contributed by atoms with van der Waals surface area (Å²) in [5.74, 6) is 3.37. The van der Waals surface area contributed by atoms with Crippen LogP contribution in [0.15, 0.2) is 11.2 Å². The van der Waals surface area contributed by atoms with Crippen LogP contribution in [0.5, 0.6) is 0 Å². The number of aryl methyl sites for hydroxylation is 2. The monoisotopic (exact) mass is 306 g/mol. The maximum atomic E-state index is 9.08. The molecule has 1 aromatic rings. The van der Waals surface area contributed by atoms with Crippen molar-refractivity contribution in [2.24, 2.45) is 10.9 Å². The van der Waals surface area contributed by atoms with Gasteiger partial charge in [0.15, 0.2) is 5.84 Å².